The third-order valence-electron chi connectivity index (χ3n) is 3.91. The molecule has 0 aliphatic rings. The highest BCUT2D eigenvalue weighted by Gasteiger charge is 1.97. The summed E-state index contributed by atoms with van der Waals surface area (Å²) in [4.78, 5) is 10.2. The molecule has 0 aliphatic carbocycles. The number of carboxylic acid groups (broad SMARTS) is 1. The fourth-order valence-corrected chi connectivity index (χ4v) is 2.64. The van der Waals surface area contributed by atoms with Crippen LogP contribution < -0.4 is 0 Å². The van der Waals surface area contributed by atoms with Crippen molar-refractivity contribution in [1.82, 2.24) is 0 Å². The number of carboxylic acids is 1. The van der Waals surface area contributed by atoms with Gasteiger partial charge in [-0.05, 0) is 18.6 Å². The molecular formula is C20H40O7S. The lowest BCUT2D eigenvalue weighted by atomic mass is 10.1. The third-order valence-corrected chi connectivity index (χ3v) is 4.23. The van der Waals surface area contributed by atoms with Crippen molar-refractivity contribution in [2.24, 2.45) is 0 Å². The van der Waals surface area contributed by atoms with Gasteiger partial charge in [0, 0.05) is 6.61 Å². The van der Waals surface area contributed by atoms with E-state index in [4.69, 9.17) is 28.8 Å². The minimum Gasteiger partial charge on any atom is -0.480 e. The molecule has 1 N–H and O–H groups in total. The van der Waals surface area contributed by atoms with Gasteiger partial charge in [0.25, 0.3) is 0 Å². The Hall–Kier alpha value is -0.380. The lowest BCUT2D eigenvalue weighted by Crippen LogP contribution is -2.14. The Labute approximate surface area is 175 Å². The van der Waals surface area contributed by atoms with Crippen LogP contribution in [0.5, 0.6) is 0 Å². The van der Waals surface area contributed by atoms with Crippen LogP contribution in [0.1, 0.15) is 51.4 Å². The molecule has 168 valence electrons. The van der Waals surface area contributed by atoms with Gasteiger partial charge in [0.1, 0.15) is 6.61 Å². The number of unbranched alkanes of at least 4 members (excludes halogenated alkanes) is 7. The fourth-order valence-electron chi connectivity index (χ4n) is 2.42. The van der Waals surface area contributed by atoms with Crippen LogP contribution in [0.2, 0.25) is 0 Å². The van der Waals surface area contributed by atoms with Crippen molar-refractivity contribution >= 4 is 18.6 Å². The summed E-state index contributed by atoms with van der Waals surface area (Å²) < 4.78 is 26.4. The first-order valence-electron chi connectivity index (χ1n) is 10.5. The lowest BCUT2D eigenvalue weighted by Gasteiger charge is -2.07. The summed E-state index contributed by atoms with van der Waals surface area (Å²) in [5.41, 5.74) is 0. The van der Waals surface area contributed by atoms with E-state index in [9.17, 15) is 4.79 Å². The fraction of sp³-hybridized carbons (Fsp3) is 0.950. The van der Waals surface area contributed by atoms with Gasteiger partial charge in [-0.15, -0.1) is 0 Å². The highest BCUT2D eigenvalue weighted by atomic mass is 32.1. The molecule has 0 amide bonds. The molecule has 28 heavy (non-hydrogen) atoms. The Kier molecular flexibility index (Phi) is 24.3. The van der Waals surface area contributed by atoms with Crippen molar-refractivity contribution in [2.75, 3.05) is 71.8 Å². The second kappa shape index (κ2) is 24.7. The minimum atomic E-state index is -0.977. The van der Waals surface area contributed by atoms with Gasteiger partial charge in [-0.25, -0.2) is 4.79 Å². The van der Waals surface area contributed by atoms with Crippen molar-refractivity contribution in [3.05, 3.63) is 0 Å². The normalized spacial score (nSPS) is 11.2. The monoisotopic (exact) mass is 424 g/mol. The van der Waals surface area contributed by atoms with E-state index in [-0.39, 0.29) is 13.2 Å². The zero-order chi connectivity index (χ0) is 20.5. The second-order valence-corrected chi connectivity index (χ2v) is 6.90. The number of thiol groups is 1. The van der Waals surface area contributed by atoms with Crippen LogP contribution in [-0.4, -0.2) is 82.9 Å². The topological polar surface area (TPSA) is 83.5 Å². The highest BCUT2D eigenvalue weighted by molar-refractivity contribution is 7.80. The Morgan fingerprint density at radius 1 is 0.536 bits per heavy atom. The van der Waals surface area contributed by atoms with Crippen molar-refractivity contribution in [3.8, 4) is 0 Å². The molecule has 0 rings (SSSR count). The van der Waals surface area contributed by atoms with E-state index >= 15 is 0 Å². The quantitative estimate of drug-likeness (QED) is 0.182. The maximum atomic E-state index is 10.2. The molecule has 0 aliphatic heterocycles. The first kappa shape index (κ1) is 27.6. The summed E-state index contributed by atoms with van der Waals surface area (Å²) >= 11 is 4.22. The van der Waals surface area contributed by atoms with Crippen LogP contribution in [0.4, 0.5) is 0 Å². The largest absolute Gasteiger partial charge is 0.480 e. The van der Waals surface area contributed by atoms with Crippen molar-refractivity contribution < 1.29 is 33.6 Å². The van der Waals surface area contributed by atoms with Gasteiger partial charge in [-0.1, -0.05) is 38.5 Å². The van der Waals surface area contributed by atoms with E-state index in [1.165, 1.54) is 44.9 Å². The van der Waals surface area contributed by atoms with Gasteiger partial charge in [0.2, 0.25) is 0 Å². The molecule has 0 spiro atoms. The molecule has 0 atom stereocenters. The zero-order valence-corrected chi connectivity index (χ0v) is 18.2. The summed E-state index contributed by atoms with van der Waals surface area (Å²) in [5, 5.41) is 8.38. The van der Waals surface area contributed by atoms with Gasteiger partial charge in [-0.2, -0.15) is 12.6 Å². The number of rotatable bonds is 24. The number of hydrogen-bond donors (Lipinski definition) is 2. The van der Waals surface area contributed by atoms with E-state index in [0.29, 0.717) is 46.2 Å². The Morgan fingerprint density at radius 2 is 0.893 bits per heavy atom. The summed E-state index contributed by atoms with van der Waals surface area (Å²) in [6, 6.07) is 0. The van der Waals surface area contributed by atoms with Crippen LogP contribution in [0, 0.1) is 0 Å². The number of hydrogen-bond acceptors (Lipinski definition) is 7. The number of aliphatic carboxylic acids is 1. The maximum Gasteiger partial charge on any atom is 0.329 e. The van der Waals surface area contributed by atoms with Crippen LogP contribution in [0.3, 0.4) is 0 Å². The molecule has 0 heterocycles. The van der Waals surface area contributed by atoms with Gasteiger partial charge in [0.05, 0.1) is 52.9 Å². The molecule has 7 nitrogen and oxygen atoms in total. The summed E-state index contributed by atoms with van der Waals surface area (Å²) in [6.45, 7) is 4.36. The first-order valence-corrected chi connectivity index (χ1v) is 11.1. The van der Waals surface area contributed by atoms with E-state index in [1.807, 2.05) is 0 Å². The Balaban J connectivity index is 2.99. The summed E-state index contributed by atoms with van der Waals surface area (Å²) in [7, 11) is 0. The molecule has 0 bridgehead atoms. The van der Waals surface area contributed by atoms with E-state index < -0.39 is 5.97 Å². The molecule has 0 aromatic carbocycles. The van der Waals surface area contributed by atoms with Crippen molar-refractivity contribution in [2.45, 2.75) is 51.4 Å². The molecular weight excluding hydrogens is 384 g/mol. The van der Waals surface area contributed by atoms with Gasteiger partial charge >= 0.3 is 5.97 Å². The van der Waals surface area contributed by atoms with Gasteiger partial charge in [-0.3, -0.25) is 0 Å². The summed E-state index contributed by atoms with van der Waals surface area (Å²) in [6.07, 6.45) is 10.3. The number of ether oxygens (including phenoxy) is 5. The van der Waals surface area contributed by atoms with E-state index in [2.05, 4.69) is 12.6 Å². The van der Waals surface area contributed by atoms with Crippen LogP contribution in [-0.2, 0) is 28.5 Å². The van der Waals surface area contributed by atoms with Crippen LogP contribution in [0.25, 0.3) is 0 Å². The SMILES string of the molecule is O=C(O)COCCOCCOCCOCCOCCCCCCCCCCS. The number of carbonyl (C=O) groups is 1. The first-order chi connectivity index (χ1) is 13.8. The second-order valence-electron chi connectivity index (χ2n) is 6.45. The Morgan fingerprint density at radius 3 is 1.32 bits per heavy atom. The van der Waals surface area contributed by atoms with Crippen LogP contribution >= 0.6 is 12.6 Å². The molecule has 0 aromatic rings. The predicted molar refractivity (Wildman–Crippen MR) is 113 cm³/mol. The zero-order valence-electron chi connectivity index (χ0n) is 17.3. The van der Waals surface area contributed by atoms with Crippen LogP contribution in [0.15, 0.2) is 0 Å². The standard InChI is InChI=1S/C20H40O7S/c21-20(22)19-27-17-16-26-15-14-25-13-12-24-11-10-23-9-7-5-3-1-2-4-6-8-18-28/h28H,1-19H2,(H,21,22). The maximum absolute atomic E-state index is 10.2. The highest BCUT2D eigenvalue weighted by Crippen LogP contribution is 2.08. The van der Waals surface area contributed by atoms with Gasteiger partial charge < -0.3 is 28.8 Å². The molecule has 0 radical (unpaired) electrons. The average molecular weight is 425 g/mol. The minimum absolute atomic E-state index is 0.270. The average Bonchev–Trinajstić information content (AvgIpc) is 2.68. The molecule has 0 aromatic heterocycles. The summed E-state index contributed by atoms with van der Waals surface area (Å²) in [5.74, 6) is 0.0354. The molecule has 8 heteroatoms. The third kappa shape index (κ3) is 25.6. The molecule has 0 unspecified atom stereocenters. The smallest absolute Gasteiger partial charge is 0.329 e. The van der Waals surface area contributed by atoms with E-state index in [0.717, 1.165) is 18.8 Å². The predicted octanol–water partition coefficient (Wildman–Crippen LogP) is 3.20. The molecule has 0 fully saturated rings. The lowest BCUT2D eigenvalue weighted by molar-refractivity contribution is -0.142. The van der Waals surface area contributed by atoms with Crippen molar-refractivity contribution in [3.63, 3.8) is 0 Å². The van der Waals surface area contributed by atoms with Crippen molar-refractivity contribution in [1.29, 1.82) is 0 Å². The molecule has 0 saturated carbocycles. The molecule has 0 saturated heterocycles. The van der Waals surface area contributed by atoms with Gasteiger partial charge in [0.15, 0.2) is 0 Å². The Bertz CT molecular complexity index is 319. The van der Waals surface area contributed by atoms with E-state index in [1.54, 1.807) is 0 Å².